The molecular formula is C15H22N4O. The molecule has 0 radical (unpaired) electrons. The molecule has 0 amide bonds. The van der Waals surface area contributed by atoms with E-state index in [0.29, 0.717) is 0 Å². The summed E-state index contributed by atoms with van der Waals surface area (Å²) < 4.78 is 7.30. The highest BCUT2D eigenvalue weighted by Gasteiger charge is 2.20. The highest BCUT2D eigenvalue weighted by molar-refractivity contribution is 5.31. The lowest BCUT2D eigenvalue weighted by Crippen LogP contribution is -2.31. The Morgan fingerprint density at radius 2 is 2.05 bits per heavy atom. The van der Waals surface area contributed by atoms with Gasteiger partial charge in [0, 0.05) is 6.54 Å². The molecule has 1 atom stereocenters. The van der Waals surface area contributed by atoms with Gasteiger partial charge in [0.25, 0.3) is 0 Å². The Labute approximate surface area is 119 Å². The first kappa shape index (κ1) is 14.6. The largest absolute Gasteiger partial charge is 0.493 e. The topological polar surface area (TPSA) is 65.1 Å². The number of aromatic nitrogens is 2. The van der Waals surface area contributed by atoms with Gasteiger partial charge in [0.2, 0.25) is 0 Å². The molecule has 1 aromatic heterocycles. The van der Waals surface area contributed by atoms with Crippen molar-refractivity contribution >= 4 is 0 Å². The van der Waals surface area contributed by atoms with Crippen LogP contribution in [-0.4, -0.2) is 16.9 Å². The van der Waals surface area contributed by atoms with Crippen LogP contribution in [0, 0.1) is 6.92 Å². The molecule has 3 N–H and O–H groups in total. The van der Waals surface area contributed by atoms with Gasteiger partial charge in [0.15, 0.2) is 5.75 Å². The van der Waals surface area contributed by atoms with Gasteiger partial charge in [-0.15, -0.1) is 0 Å². The second kappa shape index (κ2) is 6.54. The van der Waals surface area contributed by atoms with Gasteiger partial charge < -0.3 is 4.74 Å². The molecule has 1 unspecified atom stereocenters. The van der Waals surface area contributed by atoms with Crippen LogP contribution in [0.3, 0.4) is 0 Å². The van der Waals surface area contributed by atoms with Gasteiger partial charge in [0.1, 0.15) is 0 Å². The normalized spacial score (nSPS) is 12.4. The van der Waals surface area contributed by atoms with Gasteiger partial charge in [-0.25, -0.2) is 0 Å². The molecule has 5 heteroatoms. The SMILES string of the molecule is CCn1ncc(OC)c1C(Cc1ccc(C)cc1)NN. The summed E-state index contributed by atoms with van der Waals surface area (Å²) in [5, 5.41) is 4.33. The number of aryl methyl sites for hydroxylation is 2. The van der Waals surface area contributed by atoms with E-state index >= 15 is 0 Å². The molecule has 20 heavy (non-hydrogen) atoms. The lowest BCUT2D eigenvalue weighted by atomic mass is 10.0. The van der Waals surface area contributed by atoms with Crippen LogP contribution >= 0.6 is 0 Å². The molecule has 0 aliphatic carbocycles. The molecule has 108 valence electrons. The molecule has 0 spiro atoms. The van der Waals surface area contributed by atoms with Crippen LogP contribution < -0.4 is 16.0 Å². The van der Waals surface area contributed by atoms with Crippen LogP contribution in [-0.2, 0) is 13.0 Å². The molecule has 0 aliphatic heterocycles. The van der Waals surface area contributed by atoms with E-state index in [2.05, 4.69) is 48.6 Å². The van der Waals surface area contributed by atoms with Crippen molar-refractivity contribution in [1.29, 1.82) is 0 Å². The van der Waals surface area contributed by atoms with Crippen LogP contribution in [0.25, 0.3) is 0 Å². The summed E-state index contributed by atoms with van der Waals surface area (Å²) in [6.07, 6.45) is 2.52. The molecule has 1 heterocycles. The van der Waals surface area contributed by atoms with Crippen molar-refractivity contribution in [1.82, 2.24) is 15.2 Å². The Hall–Kier alpha value is -1.85. The second-order valence-electron chi connectivity index (χ2n) is 4.82. The third kappa shape index (κ3) is 3.00. The van der Waals surface area contributed by atoms with Gasteiger partial charge in [0.05, 0.1) is 25.0 Å². The number of rotatable bonds is 6. The van der Waals surface area contributed by atoms with Crippen LogP contribution in [0.15, 0.2) is 30.5 Å². The Balaban J connectivity index is 2.27. The van der Waals surface area contributed by atoms with E-state index in [-0.39, 0.29) is 6.04 Å². The Bertz CT molecular complexity index is 526. The molecule has 0 fully saturated rings. The van der Waals surface area contributed by atoms with Crippen molar-refractivity contribution < 1.29 is 4.74 Å². The lowest BCUT2D eigenvalue weighted by molar-refractivity contribution is 0.391. The van der Waals surface area contributed by atoms with E-state index in [1.807, 2.05) is 4.68 Å². The summed E-state index contributed by atoms with van der Waals surface area (Å²) in [7, 11) is 1.65. The first-order valence-electron chi connectivity index (χ1n) is 6.81. The number of nitrogens with two attached hydrogens (primary N) is 1. The minimum Gasteiger partial charge on any atom is -0.493 e. The molecule has 2 rings (SSSR count). The van der Waals surface area contributed by atoms with Crippen molar-refractivity contribution in [2.45, 2.75) is 32.9 Å². The Morgan fingerprint density at radius 3 is 2.60 bits per heavy atom. The number of nitrogens with zero attached hydrogens (tertiary/aromatic N) is 2. The zero-order chi connectivity index (χ0) is 14.5. The number of nitrogens with one attached hydrogen (secondary N) is 1. The van der Waals surface area contributed by atoms with Crippen LogP contribution in [0.4, 0.5) is 0 Å². The third-order valence-electron chi connectivity index (χ3n) is 3.46. The van der Waals surface area contributed by atoms with Crippen LogP contribution in [0.5, 0.6) is 5.75 Å². The number of hydrazine groups is 1. The quantitative estimate of drug-likeness (QED) is 0.624. The Kier molecular flexibility index (Phi) is 4.76. The van der Waals surface area contributed by atoms with Gasteiger partial charge in [-0.3, -0.25) is 16.0 Å². The average molecular weight is 274 g/mol. The Morgan fingerprint density at radius 1 is 1.35 bits per heavy atom. The number of benzene rings is 1. The first-order valence-corrected chi connectivity index (χ1v) is 6.81. The predicted molar refractivity (Wildman–Crippen MR) is 79.4 cm³/mol. The van der Waals surface area contributed by atoms with Crippen molar-refractivity contribution in [3.8, 4) is 5.75 Å². The van der Waals surface area contributed by atoms with E-state index in [4.69, 9.17) is 10.6 Å². The summed E-state index contributed by atoms with van der Waals surface area (Å²) in [5.74, 6) is 6.51. The minimum atomic E-state index is -0.0323. The lowest BCUT2D eigenvalue weighted by Gasteiger charge is -2.18. The molecule has 0 saturated heterocycles. The number of ether oxygens (including phenoxy) is 1. The fourth-order valence-electron chi connectivity index (χ4n) is 2.33. The predicted octanol–water partition coefficient (Wildman–Crippen LogP) is 1.97. The monoisotopic (exact) mass is 274 g/mol. The maximum Gasteiger partial charge on any atom is 0.161 e. The van der Waals surface area contributed by atoms with Gasteiger partial charge >= 0.3 is 0 Å². The summed E-state index contributed by atoms with van der Waals surface area (Å²) in [6.45, 7) is 4.91. The molecular weight excluding hydrogens is 252 g/mol. The standard InChI is InChI=1S/C15H22N4O/c1-4-19-15(14(20-3)10-17-19)13(18-16)9-12-7-5-11(2)6-8-12/h5-8,10,13,18H,4,9,16H2,1-3H3. The van der Waals surface area contributed by atoms with Crippen molar-refractivity contribution in [3.63, 3.8) is 0 Å². The van der Waals surface area contributed by atoms with E-state index in [9.17, 15) is 0 Å². The molecule has 0 saturated carbocycles. The van der Waals surface area contributed by atoms with Gasteiger partial charge in [-0.2, -0.15) is 5.10 Å². The van der Waals surface area contributed by atoms with Crippen LogP contribution in [0.1, 0.15) is 29.8 Å². The van der Waals surface area contributed by atoms with Crippen LogP contribution in [0.2, 0.25) is 0 Å². The number of hydrogen-bond donors (Lipinski definition) is 2. The number of methoxy groups -OCH3 is 1. The average Bonchev–Trinajstić information content (AvgIpc) is 2.89. The fraction of sp³-hybridized carbons (Fsp3) is 0.400. The third-order valence-corrected chi connectivity index (χ3v) is 3.46. The van der Waals surface area contributed by atoms with E-state index < -0.39 is 0 Å². The molecule has 0 aliphatic rings. The highest BCUT2D eigenvalue weighted by Crippen LogP contribution is 2.27. The van der Waals surface area contributed by atoms with E-state index in [1.54, 1.807) is 13.3 Å². The van der Waals surface area contributed by atoms with E-state index in [0.717, 1.165) is 24.4 Å². The molecule has 0 bridgehead atoms. The second-order valence-corrected chi connectivity index (χ2v) is 4.82. The molecule has 2 aromatic rings. The van der Waals surface area contributed by atoms with Gasteiger partial charge in [-0.1, -0.05) is 29.8 Å². The highest BCUT2D eigenvalue weighted by atomic mass is 16.5. The zero-order valence-corrected chi connectivity index (χ0v) is 12.3. The minimum absolute atomic E-state index is 0.0323. The maximum absolute atomic E-state index is 5.74. The first-order chi connectivity index (χ1) is 9.69. The maximum atomic E-state index is 5.74. The smallest absolute Gasteiger partial charge is 0.161 e. The van der Waals surface area contributed by atoms with Crippen molar-refractivity contribution in [2.24, 2.45) is 5.84 Å². The fourth-order valence-corrected chi connectivity index (χ4v) is 2.33. The summed E-state index contributed by atoms with van der Waals surface area (Å²) in [4.78, 5) is 0. The summed E-state index contributed by atoms with van der Waals surface area (Å²) in [5.41, 5.74) is 6.34. The summed E-state index contributed by atoms with van der Waals surface area (Å²) >= 11 is 0. The zero-order valence-electron chi connectivity index (χ0n) is 12.3. The summed E-state index contributed by atoms with van der Waals surface area (Å²) in [6, 6.07) is 8.43. The van der Waals surface area contributed by atoms with Crippen molar-refractivity contribution in [2.75, 3.05) is 7.11 Å². The number of hydrogen-bond acceptors (Lipinski definition) is 4. The van der Waals surface area contributed by atoms with Crippen molar-refractivity contribution in [3.05, 3.63) is 47.3 Å². The molecule has 1 aromatic carbocycles. The van der Waals surface area contributed by atoms with E-state index in [1.165, 1.54) is 11.1 Å². The molecule has 5 nitrogen and oxygen atoms in total. The van der Waals surface area contributed by atoms with Gasteiger partial charge in [-0.05, 0) is 25.8 Å².